The van der Waals surface area contributed by atoms with E-state index in [1.807, 2.05) is 42.5 Å². The molecular formula is C20H25NO3. The molecule has 1 saturated heterocycles. The Hall–Kier alpha value is -1.88. The van der Waals surface area contributed by atoms with Crippen LogP contribution in [0, 0.1) is 0 Å². The van der Waals surface area contributed by atoms with Gasteiger partial charge in [0.2, 0.25) is 0 Å². The van der Waals surface area contributed by atoms with Crippen LogP contribution in [0.1, 0.15) is 23.7 Å². The quantitative estimate of drug-likeness (QED) is 0.885. The van der Waals surface area contributed by atoms with Crippen molar-refractivity contribution in [1.82, 2.24) is 4.90 Å². The van der Waals surface area contributed by atoms with Gasteiger partial charge in [-0.3, -0.25) is 4.90 Å². The molecule has 2 aromatic rings. The largest absolute Gasteiger partial charge is 0.497 e. The number of ether oxygens (including phenoxy) is 2. The van der Waals surface area contributed by atoms with Crippen LogP contribution in [0.4, 0.5) is 0 Å². The van der Waals surface area contributed by atoms with E-state index in [1.165, 1.54) is 5.56 Å². The molecule has 1 aliphatic rings. The zero-order chi connectivity index (χ0) is 16.8. The summed E-state index contributed by atoms with van der Waals surface area (Å²) in [7, 11) is 1.69. The molecule has 4 heteroatoms. The molecular weight excluding hydrogens is 302 g/mol. The van der Waals surface area contributed by atoms with E-state index in [9.17, 15) is 5.11 Å². The van der Waals surface area contributed by atoms with E-state index >= 15 is 0 Å². The van der Waals surface area contributed by atoms with Crippen LogP contribution in [0.5, 0.6) is 5.75 Å². The van der Waals surface area contributed by atoms with Gasteiger partial charge in [-0.25, -0.2) is 0 Å². The van der Waals surface area contributed by atoms with Crippen molar-refractivity contribution in [3.05, 3.63) is 65.7 Å². The van der Waals surface area contributed by atoms with Crippen LogP contribution in [0.25, 0.3) is 0 Å². The third-order valence-electron chi connectivity index (χ3n) is 4.55. The van der Waals surface area contributed by atoms with E-state index in [0.717, 1.165) is 31.0 Å². The molecule has 2 unspecified atom stereocenters. The van der Waals surface area contributed by atoms with Crippen molar-refractivity contribution in [3.63, 3.8) is 0 Å². The van der Waals surface area contributed by atoms with Gasteiger partial charge in [-0.15, -0.1) is 0 Å². The smallest absolute Gasteiger partial charge is 0.119 e. The molecule has 0 spiro atoms. The van der Waals surface area contributed by atoms with E-state index < -0.39 is 6.10 Å². The predicted molar refractivity (Wildman–Crippen MR) is 94.0 cm³/mol. The monoisotopic (exact) mass is 327 g/mol. The Labute approximate surface area is 143 Å². The van der Waals surface area contributed by atoms with Crippen LogP contribution in [-0.2, 0) is 11.3 Å². The lowest BCUT2D eigenvalue weighted by molar-refractivity contribution is -0.0300. The molecule has 1 fully saturated rings. The fourth-order valence-corrected chi connectivity index (χ4v) is 3.19. The maximum atomic E-state index is 10.5. The summed E-state index contributed by atoms with van der Waals surface area (Å²) >= 11 is 0. The SMILES string of the molecule is COc1cccc(CN2CCOCC2CC(O)c2ccccc2)c1. The summed E-state index contributed by atoms with van der Waals surface area (Å²) in [6.07, 6.45) is 0.208. The molecule has 0 radical (unpaired) electrons. The fourth-order valence-electron chi connectivity index (χ4n) is 3.19. The lowest BCUT2D eigenvalue weighted by Gasteiger charge is -2.36. The summed E-state index contributed by atoms with van der Waals surface area (Å²) < 4.78 is 11.0. The van der Waals surface area contributed by atoms with Gasteiger partial charge in [-0.1, -0.05) is 42.5 Å². The molecule has 0 bridgehead atoms. The average Bonchev–Trinajstić information content (AvgIpc) is 2.64. The van der Waals surface area contributed by atoms with Crippen LogP contribution in [0.15, 0.2) is 54.6 Å². The Morgan fingerprint density at radius 3 is 2.83 bits per heavy atom. The molecule has 1 aliphatic heterocycles. The topological polar surface area (TPSA) is 41.9 Å². The number of benzene rings is 2. The number of hydrogen-bond donors (Lipinski definition) is 1. The van der Waals surface area contributed by atoms with Crippen LogP contribution in [0.3, 0.4) is 0 Å². The van der Waals surface area contributed by atoms with Crippen molar-refractivity contribution in [2.75, 3.05) is 26.9 Å². The molecule has 4 nitrogen and oxygen atoms in total. The highest BCUT2D eigenvalue weighted by atomic mass is 16.5. The number of aliphatic hydroxyl groups is 1. The highest BCUT2D eigenvalue weighted by molar-refractivity contribution is 5.28. The Bertz CT molecular complexity index is 632. The minimum absolute atomic E-state index is 0.208. The molecule has 2 aromatic carbocycles. The lowest BCUT2D eigenvalue weighted by Crippen LogP contribution is -2.45. The molecule has 1 N–H and O–H groups in total. The number of morpholine rings is 1. The van der Waals surface area contributed by atoms with Crippen molar-refractivity contribution in [1.29, 1.82) is 0 Å². The lowest BCUT2D eigenvalue weighted by atomic mass is 10.00. The molecule has 3 rings (SSSR count). The van der Waals surface area contributed by atoms with Gasteiger partial charge in [0.05, 0.1) is 26.4 Å². The van der Waals surface area contributed by atoms with Gasteiger partial charge in [0.1, 0.15) is 5.75 Å². The summed E-state index contributed by atoms with van der Waals surface area (Å²) in [5, 5.41) is 10.5. The van der Waals surface area contributed by atoms with Gasteiger partial charge in [-0.05, 0) is 29.7 Å². The van der Waals surface area contributed by atoms with Crippen LogP contribution < -0.4 is 4.74 Å². The third kappa shape index (κ3) is 4.35. The van der Waals surface area contributed by atoms with Gasteiger partial charge in [-0.2, -0.15) is 0 Å². The van der Waals surface area contributed by atoms with Crippen LogP contribution >= 0.6 is 0 Å². The second-order valence-electron chi connectivity index (χ2n) is 6.21. The normalized spacial score (nSPS) is 19.8. The molecule has 0 amide bonds. The highest BCUT2D eigenvalue weighted by Crippen LogP contribution is 2.24. The number of hydrogen-bond acceptors (Lipinski definition) is 4. The molecule has 0 aliphatic carbocycles. The van der Waals surface area contributed by atoms with Gasteiger partial charge in [0.15, 0.2) is 0 Å². The minimum Gasteiger partial charge on any atom is -0.497 e. The first-order chi connectivity index (χ1) is 11.8. The summed E-state index contributed by atoms with van der Waals surface area (Å²) in [6.45, 7) is 3.12. The molecule has 0 aromatic heterocycles. The van der Waals surface area contributed by atoms with E-state index in [0.29, 0.717) is 13.0 Å². The summed E-state index contributed by atoms with van der Waals surface area (Å²) in [5.41, 5.74) is 2.18. The van der Waals surface area contributed by atoms with Gasteiger partial charge in [0, 0.05) is 19.1 Å². The molecule has 24 heavy (non-hydrogen) atoms. The van der Waals surface area contributed by atoms with Crippen LogP contribution in [0.2, 0.25) is 0 Å². The number of rotatable bonds is 6. The third-order valence-corrected chi connectivity index (χ3v) is 4.55. The van der Waals surface area contributed by atoms with Gasteiger partial charge in [0.25, 0.3) is 0 Å². The van der Waals surface area contributed by atoms with E-state index in [2.05, 4.69) is 17.0 Å². The fraction of sp³-hybridized carbons (Fsp3) is 0.400. The second-order valence-corrected chi connectivity index (χ2v) is 6.21. The summed E-state index contributed by atoms with van der Waals surface area (Å²) in [5.74, 6) is 0.877. The van der Waals surface area contributed by atoms with E-state index in [-0.39, 0.29) is 6.04 Å². The Morgan fingerprint density at radius 2 is 2.04 bits per heavy atom. The average molecular weight is 327 g/mol. The summed E-state index contributed by atoms with van der Waals surface area (Å²) in [6, 6.07) is 18.2. The van der Waals surface area contributed by atoms with Crippen molar-refractivity contribution in [2.45, 2.75) is 25.1 Å². The first kappa shape index (κ1) is 17.0. The maximum Gasteiger partial charge on any atom is 0.119 e. The van der Waals surface area contributed by atoms with Gasteiger partial charge >= 0.3 is 0 Å². The Morgan fingerprint density at radius 1 is 1.21 bits per heavy atom. The summed E-state index contributed by atoms with van der Waals surface area (Å²) in [4.78, 5) is 2.39. The highest BCUT2D eigenvalue weighted by Gasteiger charge is 2.26. The van der Waals surface area contributed by atoms with Crippen molar-refractivity contribution in [3.8, 4) is 5.75 Å². The zero-order valence-electron chi connectivity index (χ0n) is 14.1. The first-order valence-corrected chi connectivity index (χ1v) is 8.44. The minimum atomic E-state index is -0.467. The zero-order valence-corrected chi connectivity index (χ0v) is 14.1. The Kier molecular flexibility index (Phi) is 5.86. The molecule has 2 atom stereocenters. The maximum absolute atomic E-state index is 10.5. The van der Waals surface area contributed by atoms with Crippen molar-refractivity contribution >= 4 is 0 Å². The van der Waals surface area contributed by atoms with Crippen molar-refractivity contribution in [2.24, 2.45) is 0 Å². The second kappa shape index (κ2) is 8.29. The van der Waals surface area contributed by atoms with Gasteiger partial charge < -0.3 is 14.6 Å². The standard InChI is InChI=1S/C20H25NO3/c1-23-19-9-5-6-16(12-19)14-21-10-11-24-15-18(21)13-20(22)17-7-3-2-4-8-17/h2-9,12,18,20,22H,10-11,13-15H2,1H3. The van der Waals surface area contributed by atoms with Crippen LogP contribution in [-0.4, -0.2) is 42.9 Å². The van der Waals surface area contributed by atoms with E-state index in [1.54, 1.807) is 7.11 Å². The Balaban J connectivity index is 1.66. The molecule has 128 valence electrons. The van der Waals surface area contributed by atoms with E-state index in [4.69, 9.17) is 9.47 Å². The molecule has 0 saturated carbocycles. The number of aliphatic hydroxyl groups excluding tert-OH is 1. The first-order valence-electron chi connectivity index (χ1n) is 8.44. The van der Waals surface area contributed by atoms with Crippen molar-refractivity contribution < 1.29 is 14.6 Å². The number of nitrogens with zero attached hydrogens (tertiary/aromatic N) is 1. The molecule has 1 heterocycles. The number of methoxy groups -OCH3 is 1. The predicted octanol–water partition coefficient (Wildman–Crippen LogP) is 3.02.